The number of nitrogens with zero attached hydrogens (tertiary/aromatic N) is 1. The fraction of sp³-hybridized carbons (Fsp3) is 0.538. The molecule has 2 nitrogen and oxygen atoms in total. The van der Waals surface area contributed by atoms with Crippen molar-refractivity contribution in [3.8, 4) is 0 Å². The zero-order chi connectivity index (χ0) is 12.4. The highest BCUT2D eigenvalue weighted by molar-refractivity contribution is 9.10. The number of benzene rings is 1. The second-order valence-electron chi connectivity index (χ2n) is 4.80. The van der Waals surface area contributed by atoms with Gasteiger partial charge < -0.3 is 5.11 Å². The van der Waals surface area contributed by atoms with Crippen LogP contribution in [0.1, 0.15) is 18.9 Å². The molecule has 1 saturated heterocycles. The van der Waals surface area contributed by atoms with Crippen LogP contribution in [-0.4, -0.2) is 29.2 Å². The SMILES string of the molecule is CC1CCN(Cc2ccc(Br)cc2Cl)CC1O. The van der Waals surface area contributed by atoms with E-state index < -0.39 is 0 Å². The molecule has 1 fully saturated rings. The number of β-amino-alcohol motifs (C(OH)–C–C–N with tert-alkyl or cyclic N) is 1. The molecule has 1 aliphatic rings. The summed E-state index contributed by atoms with van der Waals surface area (Å²) in [5.41, 5.74) is 1.12. The summed E-state index contributed by atoms with van der Waals surface area (Å²) < 4.78 is 0.999. The predicted molar refractivity (Wildman–Crippen MR) is 74.2 cm³/mol. The minimum atomic E-state index is -0.210. The van der Waals surface area contributed by atoms with E-state index in [1.165, 1.54) is 0 Å². The number of likely N-dealkylation sites (tertiary alicyclic amines) is 1. The number of halogens is 2. The van der Waals surface area contributed by atoms with E-state index in [0.717, 1.165) is 41.1 Å². The van der Waals surface area contributed by atoms with Gasteiger partial charge in [0.2, 0.25) is 0 Å². The summed E-state index contributed by atoms with van der Waals surface area (Å²) in [6.45, 7) is 4.70. The first-order valence-electron chi connectivity index (χ1n) is 5.90. The van der Waals surface area contributed by atoms with Crippen molar-refractivity contribution < 1.29 is 5.11 Å². The van der Waals surface area contributed by atoms with Crippen LogP contribution in [0.15, 0.2) is 22.7 Å². The van der Waals surface area contributed by atoms with E-state index in [4.69, 9.17) is 11.6 Å². The zero-order valence-corrected chi connectivity index (χ0v) is 12.2. The molecule has 2 rings (SSSR count). The predicted octanol–water partition coefficient (Wildman–Crippen LogP) is 3.31. The Bertz CT molecular complexity index is 399. The summed E-state index contributed by atoms with van der Waals surface area (Å²) in [5.74, 6) is 0.409. The Balaban J connectivity index is 2.01. The van der Waals surface area contributed by atoms with E-state index >= 15 is 0 Å². The topological polar surface area (TPSA) is 23.5 Å². The molecule has 1 N–H and O–H groups in total. The maximum absolute atomic E-state index is 9.86. The van der Waals surface area contributed by atoms with Crippen LogP contribution in [-0.2, 0) is 6.54 Å². The average Bonchev–Trinajstić information content (AvgIpc) is 2.27. The highest BCUT2D eigenvalue weighted by Gasteiger charge is 2.24. The quantitative estimate of drug-likeness (QED) is 0.904. The lowest BCUT2D eigenvalue weighted by Crippen LogP contribution is -2.42. The Labute approximate surface area is 116 Å². The number of aliphatic hydroxyl groups excluding tert-OH is 1. The van der Waals surface area contributed by atoms with Crippen LogP contribution in [0.5, 0.6) is 0 Å². The standard InChI is InChI=1S/C13H17BrClNO/c1-9-4-5-16(8-13(9)17)7-10-2-3-11(14)6-12(10)15/h2-3,6,9,13,17H,4-5,7-8H2,1H3. The Morgan fingerprint density at radius 1 is 1.53 bits per heavy atom. The average molecular weight is 319 g/mol. The highest BCUT2D eigenvalue weighted by atomic mass is 79.9. The van der Waals surface area contributed by atoms with Gasteiger partial charge in [-0.2, -0.15) is 0 Å². The summed E-state index contributed by atoms with van der Waals surface area (Å²) in [6.07, 6.45) is 0.841. The van der Waals surface area contributed by atoms with Crippen LogP contribution in [0.3, 0.4) is 0 Å². The molecular weight excluding hydrogens is 302 g/mol. The number of hydrogen-bond donors (Lipinski definition) is 1. The van der Waals surface area contributed by atoms with Crippen molar-refractivity contribution in [1.82, 2.24) is 4.90 Å². The van der Waals surface area contributed by atoms with Crippen LogP contribution in [0, 0.1) is 5.92 Å². The molecule has 1 aliphatic heterocycles. The van der Waals surface area contributed by atoms with Crippen molar-refractivity contribution in [3.63, 3.8) is 0 Å². The van der Waals surface area contributed by atoms with Crippen molar-refractivity contribution in [2.45, 2.75) is 26.0 Å². The minimum absolute atomic E-state index is 0.210. The lowest BCUT2D eigenvalue weighted by molar-refractivity contribution is 0.0259. The largest absolute Gasteiger partial charge is 0.392 e. The van der Waals surface area contributed by atoms with Crippen LogP contribution in [0.4, 0.5) is 0 Å². The third-order valence-electron chi connectivity index (χ3n) is 3.41. The molecule has 0 aliphatic carbocycles. The molecule has 94 valence electrons. The van der Waals surface area contributed by atoms with Crippen molar-refractivity contribution >= 4 is 27.5 Å². The van der Waals surface area contributed by atoms with Crippen LogP contribution < -0.4 is 0 Å². The Morgan fingerprint density at radius 2 is 2.29 bits per heavy atom. The number of rotatable bonds is 2. The molecule has 2 atom stereocenters. The monoisotopic (exact) mass is 317 g/mol. The van der Waals surface area contributed by atoms with Gasteiger partial charge in [-0.05, 0) is 36.6 Å². The van der Waals surface area contributed by atoms with Gasteiger partial charge in [0, 0.05) is 22.6 Å². The van der Waals surface area contributed by atoms with Gasteiger partial charge in [0.1, 0.15) is 0 Å². The molecule has 0 radical (unpaired) electrons. The fourth-order valence-electron chi connectivity index (χ4n) is 2.15. The lowest BCUT2D eigenvalue weighted by Gasteiger charge is -2.34. The minimum Gasteiger partial charge on any atom is -0.392 e. The summed E-state index contributed by atoms with van der Waals surface area (Å²) in [5, 5.41) is 10.6. The summed E-state index contributed by atoms with van der Waals surface area (Å²) in [7, 11) is 0. The third-order valence-corrected chi connectivity index (χ3v) is 4.26. The smallest absolute Gasteiger partial charge is 0.0693 e. The fourth-order valence-corrected chi connectivity index (χ4v) is 2.88. The summed E-state index contributed by atoms with van der Waals surface area (Å²) >= 11 is 9.60. The molecule has 0 bridgehead atoms. The van der Waals surface area contributed by atoms with E-state index in [1.807, 2.05) is 18.2 Å². The van der Waals surface area contributed by atoms with Crippen LogP contribution >= 0.6 is 27.5 Å². The van der Waals surface area contributed by atoms with E-state index in [9.17, 15) is 5.11 Å². The number of hydrogen-bond acceptors (Lipinski definition) is 2. The highest BCUT2D eigenvalue weighted by Crippen LogP contribution is 2.25. The molecule has 0 saturated carbocycles. The maximum atomic E-state index is 9.86. The first kappa shape index (κ1) is 13.3. The number of piperidine rings is 1. The van der Waals surface area contributed by atoms with Crippen molar-refractivity contribution in [2.24, 2.45) is 5.92 Å². The zero-order valence-electron chi connectivity index (χ0n) is 9.87. The van der Waals surface area contributed by atoms with E-state index in [0.29, 0.717) is 5.92 Å². The molecular formula is C13H17BrClNO. The molecule has 1 aromatic carbocycles. The maximum Gasteiger partial charge on any atom is 0.0693 e. The molecule has 17 heavy (non-hydrogen) atoms. The van der Waals surface area contributed by atoms with Gasteiger partial charge in [-0.3, -0.25) is 4.90 Å². The Kier molecular flexibility index (Phi) is 4.47. The van der Waals surface area contributed by atoms with Gasteiger partial charge in [-0.25, -0.2) is 0 Å². The van der Waals surface area contributed by atoms with Crippen molar-refractivity contribution in [3.05, 3.63) is 33.3 Å². The molecule has 0 spiro atoms. The first-order valence-corrected chi connectivity index (χ1v) is 7.07. The van der Waals surface area contributed by atoms with Crippen molar-refractivity contribution in [1.29, 1.82) is 0 Å². The van der Waals surface area contributed by atoms with Crippen LogP contribution in [0.2, 0.25) is 5.02 Å². The second kappa shape index (κ2) is 5.70. The van der Waals surface area contributed by atoms with Crippen LogP contribution in [0.25, 0.3) is 0 Å². The molecule has 1 heterocycles. The third kappa shape index (κ3) is 3.44. The Morgan fingerprint density at radius 3 is 2.94 bits per heavy atom. The van der Waals surface area contributed by atoms with Crippen molar-refractivity contribution in [2.75, 3.05) is 13.1 Å². The van der Waals surface area contributed by atoms with Gasteiger partial charge >= 0.3 is 0 Å². The molecule has 1 aromatic rings. The van der Waals surface area contributed by atoms with E-state index in [1.54, 1.807) is 0 Å². The molecule has 0 amide bonds. The normalized spacial score (nSPS) is 26.1. The van der Waals surface area contributed by atoms with Gasteiger partial charge in [0.15, 0.2) is 0 Å². The van der Waals surface area contributed by atoms with Gasteiger partial charge in [-0.15, -0.1) is 0 Å². The summed E-state index contributed by atoms with van der Waals surface area (Å²) in [4.78, 5) is 2.26. The molecule has 0 aromatic heterocycles. The lowest BCUT2D eigenvalue weighted by atomic mass is 9.96. The molecule has 2 unspecified atom stereocenters. The Hall–Kier alpha value is -0.0900. The summed E-state index contributed by atoms with van der Waals surface area (Å²) in [6, 6.07) is 5.96. The first-order chi connectivity index (χ1) is 8.06. The van der Waals surface area contributed by atoms with E-state index in [-0.39, 0.29) is 6.10 Å². The van der Waals surface area contributed by atoms with Gasteiger partial charge in [-0.1, -0.05) is 40.5 Å². The molecule has 4 heteroatoms. The second-order valence-corrected chi connectivity index (χ2v) is 6.13. The van der Waals surface area contributed by atoms with Gasteiger partial charge in [0.05, 0.1) is 6.10 Å². The number of aliphatic hydroxyl groups is 1. The van der Waals surface area contributed by atoms with E-state index in [2.05, 4.69) is 27.8 Å². The van der Waals surface area contributed by atoms with Gasteiger partial charge in [0.25, 0.3) is 0 Å².